The zero-order valence-corrected chi connectivity index (χ0v) is 16.0. The molecule has 0 radical (unpaired) electrons. The quantitative estimate of drug-likeness (QED) is 0.644. The summed E-state index contributed by atoms with van der Waals surface area (Å²) < 4.78 is 69.1. The first kappa shape index (κ1) is 19.5. The standard InChI is InChI=1S/C18H15F3N4O3S/c1-18(2)13(8-3-6-11(23-7-8)29(22,26)27)14(18)16-24-17(28-25-16)12-9(19)4-5-10(20)15(12)21/h3-7,13-14H,1-2H3,(H2,22,26,27)/t13-,14+/m0/s1. The minimum absolute atomic E-state index is 0.141. The lowest BCUT2D eigenvalue weighted by molar-refractivity contribution is 0.411. The third kappa shape index (κ3) is 3.19. The van der Waals surface area contributed by atoms with E-state index in [1.54, 1.807) is 6.07 Å². The summed E-state index contributed by atoms with van der Waals surface area (Å²) in [4.78, 5) is 7.95. The summed E-state index contributed by atoms with van der Waals surface area (Å²) >= 11 is 0. The van der Waals surface area contributed by atoms with Crippen molar-refractivity contribution in [3.63, 3.8) is 0 Å². The van der Waals surface area contributed by atoms with Crippen molar-refractivity contribution in [2.24, 2.45) is 10.6 Å². The van der Waals surface area contributed by atoms with Crippen LogP contribution in [0, 0.1) is 22.9 Å². The van der Waals surface area contributed by atoms with Crippen LogP contribution in [0.3, 0.4) is 0 Å². The maximum atomic E-state index is 14.0. The van der Waals surface area contributed by atoms with Crippen LogP contribution in [0.5, 0.6) is 0 Å². The molecule has 11 heteroatoms. The van der Waals surface area contributed by atoms with Gasteiger partial charge in [-0.3, -0.25) is 0 Å². The van der Waals surface area contributed by atoms with Gasteiger partial charge in [-0.1, -0.05) is 25.1 Å². The lowest BCUT2D eigenvalue weighted by Gasteiger charge is -2.03. The van der Waals surface area contributed by atoms with Crippen LogP contribution in [-0.2, 0) is 10.0 Å². The Balaban J connectivity index is 1.66. The van der Waals surface area contributed by atoms with Crippen LogP contribution in [-0.4, -0.2) is 23.5 Å². The molecule has 3 aromatic rings. The number of primary sulfonamides is 1. The molecule has 152 valence electrons. The molecule has 1 aliphatic carbocycles. The SMILES string of the molecule is CC1(C)[C@@H](c2ccc(S(N)(=O)=O)nc2)[C@@H]1c1noc(-c2c(F)ccc(F)c2F)n1. The zero-order chi connectivity index (χ0) is 21.1. The average Bonchev–Trinajstić information content (AvgIpc) is 2.98. The van der Waals surface area contributed by atoms with Crippen LogP contribution in [0.1, 0.15) is 37.1 Å². The lowest BCUT2D eigenvalue weighted by atomic mass is 10.1. The molecule has 4 rings (SSSR count). The monoisotopic (exact) mass is 424 g/mol. The number of benzene rings is 1. The highest BCUT2D eigenvalue weighted by Crippen LogP contribution is 2.69. The second-order valence-corrected chi connectivity index (χ2v) is 8.94. The van der Waals surface area contributed by atoms with Crippen molar-refractivity contribution in [1.29, 1.82) is 0 Å². The summed E-state index contributed by atoms with van der Waals surface area (Å²) in [6, 6.07) is 4.34. The zero-order valence-electron chi connectivity index (χ0n) is 15.2. The maximum Gasteiger partial charge on any atom is 0.264 e. The largest absolute Gasteiger partial charge is 0.334 e. The summed E-state index contributed by atoms with van der Waals surface area (Å²) in [5, 5.41) is 8.61. The molecule has 1 aliphatic rings. The average molecular weight is 424 g/mol. The molecule has 0 saturated heterocycles. The smallest absolute Gasteiger partial charge is 0.264 e. The molecular weight excluding hydrogens is 409 g/mol. The summed E-state index contributed by atoms with van der Waals surface area (Å²) in [7, 11) is -3.91. The van der Waals surface area contributed by atoms with Crippen LogP contribution in [0.2, 0.25) is 0 Å². The second-order valence-electron chi connectivity index (χ2n) is 7.43. The molecule has 1 aromatic carbocycles. The van der Waals surface area contributed by atoms with Gasteiger partial charge in [0.1, 0.15) is 11.4 Å². The highest BCUT2D eigenvalue weighted by Gasteiger charge is 2.61. The van der Waals surface area contributed by atoms with E-state index in [0.29, 0.717) is 6.07 Å². The number of rotatable bonds is 4. The molecule has 7 nitrogen and oxygen atoms in total. The maximum absolute atomic E-state index is 14.0. The van der Waals surface area contributed by atoms with Gasteiger partial charge in [0.25, 0.3) is 15.9 Å². The van der Waals surface area contributed by atoms with Gasteiger partial charge in [0, 0.05) is 18.0 Å². The molecule has 0 aliphatic heterocycles. The van der Waals surface area contributed by atoms with E-state index in [4.69, 9.17) is 9.66 Å². The van der Waals surface area contributed by atoms with Gasteiger partial charge in [-0.2, -0.15) is 4.98 Å². The number of sulfonamides is 1. The molecule has 1 saturated carbocycles. The Morgan fingerprint density at radius 1 is 1.07 bits per heavy atom. The van der Waals surface area contributed by atoms with Gasteiger partial charge in [-0.05, 0) is 29.2 Å². The number of nitrogens with two attached hydrogens (primary N) is 1. The number of aromatic nitrogens is 3. The number of hydrogen-bond acceptors (Lipinski definition) is 6. The third-order valence-corrected chi connectivity index (χ3v) is 6.04. The third-order valence-electron chi connectivity index (χ3n) is 5.21. The van der Waals surface area contributed by atoms with Crippen molar-refractivity contribution in [2.75, 3.05) is 0 Å². The number of nitrogens with zero attached hydrogens (tertiary/aromatic N) is 3. The first-order valence-corrected chi connectivity index (χ1v) is 10.0. The van der Waals surface area contributed by atoms with Gasteiger partial charge >= 0.3 is 0 Å². The Kier molecular flexibility index (Phi) is 4.28. The molecule has 2 N–H and O–H groups in total. The minimum atomic E-state index is -3.91. The van der Waals surface area contributed by atoms with Gasteiger partial charge in [-0.25, -0.2) is 31.7 Å². The molecule has 2 atom stereocenters. The van der Waals surface area contributed by atoms with E-state index < -0.39 is 38.9 Å². The van der Waals surface area contributed by atoms with E-state index in [2.05, 4.69) is 15.1 Å². The normalized spacial score (nSPS) is 20.6. The molecule has 2 aromatic heterocycles. The van der Waals surface area contributed by atoms with E-state index in [1.165, 1.54) is 12.3 Å². The lowest BCUT2D eigenvalue weighted by Crippen LogP contribution is -2.13. The van der Waals surface area contributed by atoms with Gasteiger partial charge in [0.15, 0.2) is 22.5 Å². The topological polar surface area (TPSA) is 112 Å². The summed E-state index contributed by atoms with van der Waals surface area (Å²) in [5.74, 6) is -4.33. The number of hydrogen-bond donors (Lipinski definition) is 1. The van der Waals surface area contributed by atoms with Crippen molar-refractivity contribution in [3.8, 4) is 11.5 Å². The Hall–Kier alpha value is -2.79. The fourth-order valence-electron chi connectivity index (χ4n) is 3.67. The first-order valence-electron chi connectivity index (χ1n) is 8.48. The number of halogens is 3. The van der Waals surface area contributed by atoms with E-state index in [9.17, 15) is 21.6 Å². The van der Waals surface area contributed by atoms with Crippen molar-refractivity contribution in [1.82, 2.24) is 15.1 Å². The van der Waals surface area contributed by atoms with Crippen LogP contribution in [0.25, 0.3) is 11.5 Å². The molecule has 0 amide bonds. The van der Waals surface area contributed by atoms with Crippen molar-refractivity contribution >= 4 is 10.0 Å². The van der Waals surface area contributed by atoms with E-state index >= 15 is 0 Å². The Morgan fingerprint density at radius 2 is 1.76 bits per heavy atom. The fourth-order valence-corrected chi connectivity index (χ4v) is 4.13. The van der Waals surface area contributed by atoms with Crippen molar-refractivity contribution in [3.05, 3.63) is 59.3 Å². The van der Waals surface area contributed by atoms with Crippen LogP contribution < -0.4 is 5.14 Å². The van der Waals surface area contributed by atoms with Gasteiger partial charge in [0.05, 0.1) is 0 Å². The van der Waals surface area contributed by atoms with Gasteiger partial charge in [0.2, 0.25) is 0 Å². The molecule has 1 fully saturated rings. The Morgan fingerprint density at radius 3 is 2.38 bits per heavy atom. The first-order chi connectivity index (χ1) is 13.5. The molecule has 29 heavy (non-hydrogen) atoms. The molecule has 0 bridgehead atoms. The molecular formula is C18H15F3N4O3S. The van der Waals surface area contributed by atoms with Crippen molar-refractivity contribution < 1.29 is 26.1 Å². The van der Waals surface area contributed by atoms with E-state index in [-0.39, 0.29) is 28.1 Å². The van der Waals surface area contributed by atoms with E-state index in [1.807, 2.05) is 13.8 Å². The summed E-state index contributed by atoms with van der Waals surface area (Å²) in [5.41, 5.74) is -0.356. The fraction of sp³-hybridized carbons (Fsp3) is 0.278. The Bertz CT molecular complexity index is 1210. The van der Waals surface area contributed by atoms with Crippen molar-refractivity contribution in [2.45, 2.75) is 30.7 Å². The van der Waals surface area contributed by atoms with Gasteiger partial charge in [-0.15, -0.1) is 0 Å². The highest BCUT2D eigenvalue weighted by molar-refractivity contribution is 7.89. The predicted molar refractivity (Wildman–Crippen MR) is 94.5 cm³/mol. The number of pyridine rings is 1. The summed E-state index contributed by atoms with van der Waals surface area (Å²) in [6.45, 7) is 3.85. The molecule has 0 spiro atoms. The van der Waals surface area contributed by atoms with E-state index in [0.717, 1.165) is 11.6 Å². The molecule has 0 unspecified atom stereocenters. The molecule has 2 heterocycles. The summed E-state index contributed by atoms with van der Waals surface area (Å²) in [6.07, 6.45) is 1.40. The van der Waals surface area contributed by atoms with Crippen LogP contribution in [0.4, 0.5) is 13.2 Å². The predicted octanol–water partition coefficient (Wildman–Crippen LogP) is 3.10. The Labute approximate surface area is 163 Å². The van der Waals surface area contributed by atoms with Crippen LogP contribution >= 0.6 is 0 Å². The van der Waals surface area contributed by atoms with Gasteiger partial charge < -0.3 is 4.52 Å². The highest BCUT2D eigenvalue weighted by atomic mass is 32.2. The van der Waals surface area contributed by atoms with Crippen LogP contribution in [0.15, 0.2) is 40.0 Å². The second kappa shape index (κ2) is 6.36. The minimum Gasteiger partial charge on any atom is -0.334 e.